The second-order valence-electron chi connectivity index (χ2n) is 7.35. The van der Waals surface area contributed by atoms with Crippen LogP contribution in [0.25, 0.3) is 0 Å². The van der Waals surface area contributed by atoms with Crippen LogP contribution in [0.4, 0.5) is 4.79 Å². The van der Waals surface area contributed by atoms with Crippen molar-refractivity contribution >= 4 is 6.09 Å². The molecule has 1 fully saturated rings. The van der Waals surface area contributed by atoms with Gasteiger partial charge in [-0.05, 0) is 64.6 Å². The van der Waals surface area contributed by atoms with Crippen LogP contribution in [-0.2, 0) is 11.3 Å². The topological polar surface area (TPSA) is 54.5 Å². The van der Waals surface area contributed by atoms with Crippen LogP contribution in [-0.4, -0.2) is 41.2 Å². The maximum Gasteiger partial charge on any atom is 0.410 e. The summed E-state index contributed by atoms with van der Waals surface area (Å²) in [6, 6.07) is 4.14. The summed E-state index contributed by atoms with van der Waals surface area (Å²) in [5.74, 6) is 0.561. The van der Waals surface area contributed by atoms with E-state index < -0.39 is 5.60 Å². The van der Waals surface area contributed by atoms with Crippen molar-refractivity contribution in [2.24, 2.45) is 5.92 Å². The first-order valence-electron chi connectivity index (χ1n) is 8.44. The molecule has 0 spiro atoms. The number of aromatic nitrogens is 1. The molecule has 1 unspecified atom stereocenters. The van der Waals surface area contributed by atoms with Gasteiger partial charge in [0, 0.05) is 31.5 Å². The highest BCUT2D eigenvalue weighted by Gasteiger charge is 2.29. The third-order valence-corrected chi connectivity index (χ3v) is 3.97. The number of aryl methyl sites for hydroxylation is 1. The summed E-state index contributed by atoms with van der Waals surface area (Å²) in [6.07, 6.45) is 3.88. The maximum absolute atomic E-state index is 12.0. The van der Waals surface area contributed by atoms with Crippen molar-refractivity contribution < 1.29 is 9.53 Å². The van der Waals surface area contributed by atoms with E-state index in [1.807, 2.05) is 44.9 Å². The van der Waals surface area contributed by atoms with Crippen molar-refractivity contribution in [1.29, 1.82) is 0 Å². The molecule has 1 atom stereocenters. The number of carbonyl (C=O) groups is 1. The Bertz CT molecular complexity index is 508. The van der Waals surface area contributed by atoms with E-state index in [2.05, 4.69) is 16.4 Å². The zero-order valence-electron chi connectivity index (χ0n) is 14.8. The molecule has 23 heavy (non-hydrogen) atoms. The second-order valence-corrected chi connectivity index (χ2v) is 7.35. The SMILES string of the molecule is Cc1ccc(CNCCC2CCN(C(=O)OC(C)(C)C)C2)cn1. The number of nitrogens with zero attached hydrogens (tertiary/aromatic N) is 2. The fraction of sp³-hybridized carbons (Fsp3) is 0.667. The maximum atomic E-state index is 12.0. The third-order valence-electron chi connectivity index (χ3n) is 3.97. The molecule has 1 aromatic heterocycles. The van der Waals surface area contributed by atoms with Gasteiger partial charge >= 0.3 is 6.09 Å². The summed E-state index contributed by atoms with van der Waals surface area (Å²) in [5.41, 5.74) is 1.83. The Morgan fingerprint density at radius 2 is 2.22 bits per heavy atom. The molecule has 1 amide bonds. The van der Waals surface area contributed by atoms with Gasteiger partial charge in [0.05, 0.1) is 0 Å². The monoisotopic (exact) mass is 319 g/mol. The van der Waals surface area contributed by atoms with Crippen LogP contribution in [0.2, 0.25) is 0 Å². The fourth-order valence-corrected chi connectivity index (χ4v) is 2.70. The van der Waals surface area contributed by atoms with Crippen molar-refractivity contribution in [1.82, 2.24) is 15.2 Å². The summed E-state index contributed by atoms with van der Waals surface area (Å²) < 4.78 is 5.43. The molecule has 2 heterocycles. The molecule has 2 rings (SSSR count). The second kappa shape index (κ2) is 7.77. The number of pyridine rings is 1. The fourth-order valence-electron chi connectivity index (χ4n) is 2.70. The first kappa shape index (κ1) is 17.7. The van der Waals surface area contributed by atoms with E-state index in [4.69, 9.17) is 4.74 Å². The van der Waals surface area contributed by atoms with E-state index in [-0.39, 0.29) is 6.09 Å². The van der Waals surface area contributed by atoms with Crippen molar-refractivity contribution in [2.45, 2.75) is 52.7 Å². The highest BCUT2D eigenvalue weighted by molar-refractivity contribution is 5.68. The summed E-state index contributed by atoms with van der Waals surface area (Å²) in [5, 5.41) is 3.46. The normalized spacial score (nSPS) is 18.3. The van der Waals surface area contributed by atoms with Gasteiger partial charge in [0.15, 0.2) is 0 Å². The molecule has 0 bridgehead atoms. The first-order chi connectivity index (χ1) is 10.8. The van der Waals surface area contributed by atoms with Crippen molar-refractivity contribution in [3.05, 3.63) is 29.6 Å². The molecule has 0 aliphatic carbocycles. The Balaban J connectivity index is 1.64. The van der Waals surface area contributed by atoms with Crippen LogP contribution in [0.1, 0.15) is 44.9 Å². The lowest BCUT2D eigenvalue weighted by molar-refractivity contribution is 0.0287. The quantitative estimate of drug-likeness (QED) is 0.847. The summed E-state index contributed by atoms with van der Waals surface area (Å²) in [6.45, 7) is 11.1. The van der Waals surface area contributed by atoms with Crippen LogP contribution in [0, 0.1) is 12.8 Å². The highest BCUT2D eigenvalue weighted by Crippen LogP contribution is 2.21. The molecule has 5 nitrogen and oxygen atoms in total. The number of likely N-dealkylation sites (tertiary alicyclic amines) is 1. The molecule has 0 radical (unpaired) electrons. The van der Waals surface area contributed by atoms with Crippen LogP contribution in [0.15, 0.2) is 18.3 Å². The van der Waals surface area contributed by atoms with E-state index in [1.54, 1.807) is 0 Å². The molecule has 5 heteroatoms. The van der Waals surface area contributed by atoms with Crippen LogP contribution >= 0.6 is 0 Å². The van der Waals surface area contributed by atoms with Crippen molar-refractivity contribution in [3.63, 3.8) is 0 Å². The molecule has 128 valence electrons. The number of hydrogen-bond donors (Lipinski definition) is 1. The Morgan fingerprint density at radius 1 is 1.43 bits per heavy atom. The van der Waals surface area contributed by atoms with Crippen LogP contribution in [0.5, 0.6) is 0 Å². The van der Waals surface area contributed by atoms with Gasteiger partial charge in [-0.15, -0.1) is 0 Å². The lowest BCUT2D eigenvalue weighted by atomic mass is 10.1. The van der Waals surface area contributed by atoms with Gasteiger partial charge in [0.2, 0.25) is 0 Å². The van der Waals surface area contributed by atoms with E-state index in [1.165, 1.54) is 5.56 Å². The van der Waals surface area contributed by atoms with E-state index in [0.717, 1.165) is 44.7 Å². The predicted molar refractivity (Wildman–Crippen MR) is 91.2 cm³/mol. The lowest BCUT2D eigenvalue weighted by Crippen LogP contribution is -2.35. The predicted octanol–water partition coefficient (Wildman–Crippen LogP) is 3.13. The molecular weight excluding hydrogens is 290 g/mol. The minimum Gasteiger partial charge on any atom is -0.444 e. The summed E-state index contributed by atoms with van der Waals surface area (Å²) in [4.78, 5) is 18.2. The number of hydrogen-bond acceptors (Lipinski definition) is 4. The van der Waals surface area contributed by atoms with Gasteiger partial charge in [-0.3, -0.25) is 4.98 Å². The summed E-state index contributed by atoms with van der Waals surface area (Å²) >= 11 is 0. The van der Waals surface area contributed by atoms with Crippen LogP contribution < -0.4 is 5.32 Å². The van der Waals surface area contributed by atoms with E-state index >= 15 is 0 Å². The Labute approximate surface area is 139 Å². The zero-order valence-corrected chi connectivity index (χ0v) is 14.8. The van der Waals surface area contributed by atoms with Gasteiger partial charge in [-0.2, -0.15) is 0 Å². The van der Waals surface area contributed by atoms with E-state index in [0.29, 0.717) is 5.92 Å². The number of amides is 1. The lowest BCUT2D eigenvalue weighted by Gasteiger charge is -2.24. The Morgan fingerprint density at radius 3 is 2.87 bits per heavy atom. The largest absolute Gasteiger partial charge is 0.444 e. The minimum absolute atomic E-state index is 0.182. The third kappa shape index (κ3) is 6.18. The average Bonchev–Trinajstić information content (AvgIpc) is 2.93. The molecule has 1 saturated heterocycles. The molecule has 1 aliphatic rings. The number of nitrogens with one attached hydrogen (secondary N) is 1. The van der Waals surface area contributed by atoms with Crippen LogP contribution in [0.3, 0.4) is 0 Å². The van der Waals surface area contributed by atoms with Gasteiger partial charge in [0.25, 0.3) is 0 Å². The molecule has 0 aromatic carbocycles. The average molecular weight is 319 g/mol. The highest BCUT2D eigenvalue weighted by atomic mass is 16.6. The molecule has 0 saturated carbocycles. The van der Waals surface area contributed by atoms with Gasteiger partial charge in [-0.25, -0.2) is 4.79 Å². The number of ether oxygens (including phenoxy) is 1. The van der Waals surface area contributed by atoms with Crippen molar-refractivity contribution in [2.75, 3.05) is 19.6 Å². The first-order valence-corrected chi connectivity index (χ1v) is 8.44. The van der Waals surface area contributed by atoms with Gasteiger partial charge in [0.1, 0.15) is 5.60 Å². The Hall–Kier alpha value is -1.62. The zero-order chi connectivity index (χ0) is 16.9. The van der Waals surface area contributed by atoms with Gasteiger partial charge < -0.3 is 15.0 Å². The summed E-state index contributed by atoms with van der Waals surface area (Å²) in [7, 11) is 0. The smallest absolute Gasteiger partial charge is 0.410 e. The van der Waals surface area contributed by atoms with E-state index in [9.17, 15) is 4.79 Å². The Kier molecular flexibility index (Phi) is 5.99. The van der Waals surface area contributed by atoms with Gasteiger partial charge in [-0.1, -0.05) is 6.07 Å². The minimum atomic E-state index is -0.418. The molecular formula is C18H29N3O2. The molecule has 1 aromatic rings. The molecule has 1 N–H and O–H groups in total. The number of carbonyl (C=O) groups excluding carboxylic acids is 1. The standard InChI is InChI=1S/C18H29N3O2/c1-14-5-6-16(12-20-14)11-19-9-7-15-8-10-21(13-15)17(22)23-18(2,3)4/h5-6,12,15,19H,7-11,13H2,1-4H3. The molecule has 1 aliphatic heterocycles. The number of rotatable bonds is 5. The van der Waals surface area contributed by atoms with Crippen molar-refractivity contribution in [3.8, 4) is 0 Å².